The summed E-state index contributed by atoms with van der Waals surface area (Å²) in [6.45, 7) is 4.64. The van der Waals surface area contributed by atoms with Crippen molar-refractivity contribution in [3.05, 3.63) is 24.3 Å². The maximum atomic E-state index is 5.94. The predicted octanol–water partition coefficient (Wildman–Crippen LogP) is 1.40. The summed E-state index contributed by atoms with van der Waals surface area (Å²) < 4.78 is 16.5. The maximum absolute atomic E-state index is 5.94. The molecule has 0 unspecified atom stereocenters. The molecule has 8 nitrogen and oxygen atoms in total. The van der Waals surface area contributed by atoms with Crippen LogP contribution in [0.15, 0.2) is 18.5 Å². The van der Waals surface area contributed by atoms with Gasteiger partial charge in [-0.2, -0.15) is 0 Å². The molecular weight excluding hydrogens is 298 g/mol. The highest BCUT2D eigenvalue weighted by Gasteiger charge is 2.18. The molecule has 23 heavy (non-hydrogen) atoms. The van der Waals surface area contributed by atoms with E-state index in [1.165, 1.54) is 0 Å². The van der Waals surface area contributed by atoms with Crippen LogP contribution in [-0.4, -0.2) is 48.4 Å². The average molecular weight is 317 g/mol. The highest BCUT2D eigenvalue weighted by molar-refractivity contribution is 5.61. The van der Waals surface area contributed by atoms with Crippen LogP contribution in [0.3, 0.4) is 0 Å². The SMILES string of the molecule is COc1cc(Oc2cnc(C)nc2N)c(N2CCOCC2)cn1. The van der Waals surface area contributed by atoms with E-state index in [-0.39, 0.29) is 0 Å². The molecule has 1 saturated heterocycles. The molecule has 3 heterocycles. The summed E-state index contributed by atoms with van der Waals surface area (Å²) in [6, 6.07) is 1.73. The van der Waals surface area contributed by atoms with Crippen LogP contribution in [0.2, 0.25) is 0 Å². The van der Waals surface area contributed by atoms with Crippen molar-refractivity contribution in [1.82, 2.24) is 15.0 Å². The lowest BCUT2D eigenvalue weighted by atomic mass is 10.3. The summed E-state index contributed by atoms with van der Waals surface area (Å²) >= 11 is 0. The molecule has 2 aromatic heterocycles. The number of morpholine rings is 1. The summed E-state index contributed by atoms with van der Waals surface area (Å²) in [6.07, 6.45) is 3.29. The molecule has 1 aliphatic heterocycles. The van der Waals surface area contributed by atoms with Crippen molar-refractivity contribution >= 4 is 11.5 Å². The van der Waals surface area contributed by atoms with E-state index in [0.29, 0.717) is 42.2 Å². The van der Waals surface area contributed by atoms with Crippen LogP contribution < -0.4 is 20.1 Å². The molecule has 0 bridgehead atoms. The monoisotopic (exact) mass is 317 g/mol. The molecule has 0 amide bonds. The number of rotatable bonds is 4. The number of hydrogen-bond acceptors (Lipinski definition) is 8. The van der Waals surface area contributed by atoms with Gasteiger partial charge < -0.3 is 24.8 Å². The zero-order valence-corrected chi connectivity index (χ0v) is 13.2. The van der Waals surface area contributed by atoms with Crippen molar-refractivity contribution in [2.24, 2.45) is 0 Å². The van der Waals surface area contributed by atoms with Crippen molar-refractivity contribution in [2.75, 3.05) is 44.0 Å². The molecule has 0 aliphatic carbocycles. The summed E-state index contributed by atoms with van der Waals surface area (Å²) in [5.74, 6) is 2.34. The van der Waals surface area contributed by atoms with Gasteiger partial charge in [0.05, 0.1) is 38.4 Å². The Morgan fingerprint density at radius 1 is 1.17 bits per heavy atom. The minimum absolute atomic E-state index is 0.293. The van der Waals surface area contributed by atoms with Gasteiger partial charge in [0.2, 0.25) is 5.88 Å². The molecular formula is C15H19N5O3. The Kier molecular flexibility index (Phi) is 4.42. The molecule has 1 aliphatic rings. The number of hydrogen-bond donors (Lipinski definition) is 1. The zero-order chi connectivity index (χ0) is 16.2. The first kappa shape index (κ1) is 15.3. The van der Waals surface area contributed by atoms with Crippen molar-refractivity contribution in [2.45, 2.75) is 6.92 Å². The lowest BCUT2D eigenvalue weighted by molar-refractivity contribution is 0.122. The van der Waals surface area contributed by atoms with E-state index in [2.05, 4.69) is 19.9 Å². The van der Waals surface area contributed by atoms with Crippen molar-refractivity contribution < 1.29 is 14.2 Å². The van der Waals surface area contributed by atoms with Gasteiger partial charge in [-0.15, -0.1) is 0 Å². The Morgan fingerprint density at radius 3 is 2.65 bits per heavy atom. The largest absolute Gasteiger partial charge is 0.481 e. The van der Waals surface area contributed by atoms with Crippen LogP contribution in [0.1, 0.15) is 5.82 Å². The van der Waals surface area contributed by atoms with E-state index < -0.39 is 0 Å². The van der Waals surface area contributed by atoms with E-state index in [1.807, 2.05) is 0 Å². The number of nitrogen functional groups attached to an aromatic ring is 1. The number of anilines is 2. The summed E-state index contributed by atoms with van der Waals surface area (Å²) in [5.41, 5.74) is 6.77. The summed E-state index contributed by atoms with van der Waals surface area (Å²) in [7, 11) is 1.56. The van der Waals surface area contributed by atoms with Crippen LogP contribution in [0.5, 0.6) is 17.4 Å². The first-order valence-electron chi connectivity index (χ1n) is 7.31. The highest BCUT2D eigenvalue weighted by atomic mass is 16.5. The van der Waals surface area contributed by atoms with Crippen molar-refractivity contribution in [3.8, 4) is 17.4 Å². The van der Waals surface area contributed by atoms with Gasteiger partial charge >= 0.3 is 0 Å². The molecule has 3 rings (SSSR count). The quantitative estimate of drug-likeness (QED) is 0.904. The lowest BCUT2D eigenvalue weighted by Gasteiger charge is -2.30. The van der Waals surface area contributed by atoms with Crippen molar-refractivity contribution in [1.29, 1.82) is 0 Å². The van der Waals surface area contributed by atoms with E-state index >= 15 is 0 Å². The predicted molar refractivity (Wildman–Crippen MR) is 85.1 cm³/mol. The van der Waals surface area contributed by atoms with E-state index in [0.717, 1.165) is 18.8 Å². The number of nitrogens with zero attached hydrogens (tertiary/aromatic N) is 4. The van der Waals surface area contributed by atoms with Gasteiger partial charge in [-0.3, -0.25) is 0 Å². The second-order valence-electron chi connectivity index (χ2n) is 5.06. The lowest BCUT2D eigenvalue weighted by Crippen LogP contribution is -2.36. The van der Waals surface area contributed by atoms with E-state index in [4.69, 9.17) is 19.9 Å². The fourth-order valence-electron chi connectivity index (χ4n) is 2.32. The Morgan fingerprint density at radius 2 is 1.96 bits per heavy atom. The average Bonchev–Trinajstić information content (AvgIpc) is 2.58. The standard InChI is InChI=1S/C15H19N5O3/c1-10-17-9-13(15(16)19-10)23-12-7-14(21-2)18-8-11(12)20-3-5-22-6-4-20/h7-9H,3-6H2,1-2H3,(H2,16,17,19). The molecule has 2 aromatic rings. The number of aryl methyl sites for hydroxylation is 1. The topological polar surface area (TPSA) is 95.6 Å². The Bertz CT molecular complexity index is 689. The van der Waals surface area contributed by atoms with E-state index in [9.17, 15) is 0 Å². The van der Waals surface area contributed by atoms with Gasteiger partial charge in [0.15, 0.2) is 17.3 Å². The number of ether oxygens (including phenoxy) is 3. The Labute approximate surface area is 134 Å². The first-order valence-corrected chi connectivity index (χ1v) is 7.31. The smallest absolute Gasteiger partial charge is 0.216 e. The molecule has 0 aromatic carbocycles. The van der Waals surface area contributed by atoms with Crippen molar-refractivity contribution in [3.63, 3.8) is 0 Å². The van der Waals surface area contributed by atoms with Gasteiger partial charge in [-0.1, -0.05) is 0 Å². The molecule has 122 valence electrons. The van der Waals surface area contributed by atoms with Crippen LogP contribution in [0.4, 0.5) is 11.5 Å². The second kappa shape index (κ2) is 6.66. The summed E-state index contributed by atoms with van der Waals surface area (Å²) in [4.78, 5) is 14.7. The highest BCUT2D eigenvalue weighted by Crippen LogP contribution is 2.35. The van der Waals surface area contributed by atoms with Crippen LogP contribution >= 0.6 is 0 Å². The van der Waals surface area contributed by atoms with Crippen LogP contribution in [-0.2, 0) is 4.74 Å². The molecule has 0 radical (unpaired) electrons. The number of pyridine rings is 1. The fourth-order valence-corrected chi connectivity index (χ4v) is 2.32. The van der Waals surface area contributed by atoms with Gasteiger partial charge in [-0.25, -0.2) is 15.0 Å². The van der Waals surface area contributed by atoms with Gasteiger partial charge in [0, 0.05) is 19.2 Å². The van der Waals surface area contributed by atoms with Gasteiger partial charge in [0.1, 0.15) is 5.82 Å². The maximum Gasteiger partial charge on any atom is 0.216 e. The third-order valence-electron chi connectivity index (χ3n) is 3.51. The number of nitrogens with two attached hydrogens (primary N) is 1. The Hall–Kier alpha value is -2.61. The first-order chi connectivity index (χ1) is 11.2. The molecule has 2 N–H and O–H groups in total. The molecule has 0 saturated carbocycles. The summed E-state index contributed by atoms with van der Waals surface area (Å²) in [5, 5.41) is 0. The van der Waals surface area contributed by atoms with Gasteiger partial charge in [0.25, 0.3) is 0 Å². The van der Waals surface area contributed by atoms with Crippen LogP contribution in [0, 0.1) is 6.92 Å². The number of aromatic nitrogens is 3. The zero-order valence-electron chi connectivity index (χ0n) is 13.2. The van der Waals surface area contributed by atoms with E-state index in [1.54, 1.807) is 32.5 Å². The molecule has 1 fully saturated rings. The fraction of sp³-hybridized carbons (Fsp3) is 0.400. The molecule has 0 spiro atoms. The molecule has 8 heteroatoms. The van der Waals surface area contributed by atoms with Crippen LogP contribution in [0.25, 0.3) is 0 Å². The minimum Gasteiger partial charge on any atom is -0.481 e. The third-order valence-corrected chi connectivity index (χ3v) is 3.51. The van der Waals surface area contributed by atoms with Gasteiger partial charge in [-0.05, 0) is 6.92 Å². The normalized spacial score (nSPS) is 14.6. The Balaban J connectivity index is 1.94. The minimum atomic E-state index is 0.293. The molecule has 0 atom stereocenters. The third kappa shape index (κ3) is 3.42. The number of methoxy groups -OCH3 is 1. The second-order valence-corrected chi connectivity index (χ2v) is 5.06.